The quantitative estimate of drug-likeness (QED) is 0.884. The molecule has 1 aliphatic heterocycles. The maximum absolute atomic E-state index is 12.1. The minimum absolute atomic E-state index is 0.0137. The van der Waals surface area contributed by atoms with Crippen LogP contribution in [0.3, 0.4) is 0 Å². The molecule has 2 heterocycles. The lowest BCUT2D eigenvalue weighted by Gasteiger charge is -2.26. The summed E-state index contributed by atoms with van der Waals surface area (Å²) >= 11 is 7.89. The van der Waals surface area contributed by atoms with Gasteiger partial charge in [-0.1, -0.05) is 17.7 Å². The number of aromatic nitrogens is 1. The average Bonchev–Trinajstić information content (AvgIpc) is 2.56. The zero-order valence-corrected chi connectivity index (χ0v) is 14.2. The van der Waals surface area contributed by atoms with Crippen LogP contribution in [0.2, 0.25) is 5.02 Å². The number of fused-ring (bicyclic) bond motifs is 1. The largest absolute Gasteiger partial charge is 0.338 e. The minimum Gasteiger partial charge on any atom is -0.338 e. The Kier molecular flexibility index (Phi) is 5.41. The van der Waals surface area contributed by atoms with Crippen molar-refractivity contribution in [1.82, 2.24) is 15.6 Å². The molecule has 0 aliphatic carbocycles. The van der Waals surface area contributed by atoms with Crippen LogP contribution in [0.1, 0.15) is 23.7 Å². The first-order valence-electron chi connectivity index (χ1n) is 7.59. The molecular weight excluding hydrogens is 330 g/mol. The Morgan fingerprint density at radius 3 is 3.09 bits per heavy atom. The zero-order valence-electron chi connectivity index (χ0n) is 12.6. The van der Waals surface area contributed by atoms with Gasteiger partial charge in [-0.2, -0.15) is 0 Å². The molecule has 1 atom stereocenters. The predicted octanol–water partition coefficient (Wildman–Crippen LogP) is 3.81. The number of hydrogen-bond acceptors (Lipinski definition) is 3. The molecule has 2 aromatic rings. The first-order valence-corrected chi connectivity index (χ1v) is 8.95. The van der Waals surface area contributed by atoms with E-state index >= 15 is 0 Å². The van der Waals surface area contributed by atoms with Gasteiger partial charge in [-0.15, -0.1) is 11.8 Å². The Morgan fingerprint density at radius 1 is 1.35 bits per heavy atom. The Hall–Kier alpha value is -1.72. The molecule has 0 fully saturated rings. The molecule has 4 nitrogen and oxygen atoms in total. The maximum atomic E-state index is 12.1. The summed E-state index contributed by atoms with van der Waals surface area (Å²) < 4.78 is 0. The van der Waals surface area contributed by atoms with Gasteiger partial charge in [0.2, 0.25) is 0 Å². The van der Waals surface area contributed by atoms with Gasteiger partial charge in [-0.25, -0.2) is 4.79 Å². The molecular formula is C17H18ClN3OS. The molecule has 0 unspecified atom stereocenters. The normalized spacial score (nSPS) is 16.5. The van der Waals surface area contributed by atoms with Gasteiger partial charge in [-0.05, 0) is 42.3 Å². The number of amides is 2. The topological polar surface area (TPSA) is 54.0 Å². The lowest BCUT2D eigenvalue weighted by Crippen LogP contribution is -2.39. The van der Waals surface area contributed by atoms with Crippen LogP contribution in [0.4, 0.5) is 4.79 Å². The molecule has 0 saturated heterocycles. The molecule has 2 amide bonds. The molecule has 1 aliphatic rings. The average molecular weight is 348 g/mol. The molecule has 23 heavy (non-hydrogen) atoms. The number of urea groups is 1. The van der Waals surface area contributed by atoms with Crippen molar-refractivity contribution in [3.8, 4) is 0 Å². The first kappa shape index (κ1) is 16.1. The standard InChI is InChI=1S/C17H18ClN3OS/c18-12-4-5-16-14(11-12)15(7-10-23-16)21-17(22)20-9-6-13-3-1-2-8-19-13/h1-5,8,11,15H,6-7,9-10H2,(H2,20,21,22)/t15-/m1/s1. The van der Waals surface area contributed by atoms with Crippen LogP contribution in [0.25, 0.3) is 0 Å². The van der Waals surface area contributed by atoms with Gasteiger partial charge >= 0.3 is 6.03 Å². The molecule has 3 rings (SSSR count). The van der Waals surface area contributed by atoms with Crippen LogP contribution in [-0.4, -0.2) is 23.3 Å². The van der Waals surface area contributed by atoms with Gasteiger partial charge in [0, 0.05) is 40.5 Å². The molecule has 6 heteroatoms. The number of halogens is 1. The summed E-state index contributed by atoms with van der Waals surface area (Å²) in [5, 5.41) is 6.64. The minimum atomic E-state index is -0.149. The summed E-state index contributed by atoms with van der Waals surface area (Å²) in [6, 6.07) is 11.5. The molecule has 0 spiro atoms. The van der Waals surface area contributed by atoms with E-state index in [9.17, 15) is 4.79 Å². The van der Waals surface area contributed by atoms with E-state index in [2.05, 4.69) is 15.6 Å². The summed E-state index contributed by atoms with van der Waals surface area (Å²) in [4.78, 5) is 17.5. The number of nitrogens with one attached hydrogen (secondary N) is 2. The number of pyridine rings is 1. The van der Waals surface area contributed by atoms with Crippen molar-refractivity contribution in [1.29, 1.82) is 0 Å². The van der Waals surface area contributed by atoms with Crippen LogP contribution in [0.15, 0.2) is 47.5 Å². The van der Waals surface area contributed by atoms with E-state index in [1.165, 1.54) is 4.90 Å². The summed E-state index contributed by atoms with van der Waals surface area (Å²) in [7, 11) is 0. The molecule has 1 aromatic carbocycles. The van der Waals surface area contributed by atoms with Gasteiger partial charge in [0.1, 0.15) is 0 Å². The van der Waals surface area contributed by atoms with E-state index in [1.54, 1.807) is 18.0 Å². The third-order valence-electron chi connectivity index (χ3n) is 3.71. The first-order chi connectivity index (χ1) is 11.2. The number of nitrogens with zero attached hydrogens (tertiary/aromatic N) is 1. The van der Waals surface area contributed by atoms with Gasteiger partial charge in [0.15, 0.2) is 0 Å². The van der Waals surface area contributed by atoms with Gasteiger partial charge in [-0.3, -0.25) is 4.98 Å². The van der Waals surface area contributed by atoms with E-state index in [1.807, 2.05) is 36.4 Å². The lowest BCUT2D eigenvalue weighted by molar-refractivity contribution is 0.236. The van der Waals surface area contributed by atoms with Crippen molar-refractivity contribution in [2.24, 2.45) is 0 Å². The number of carbonyl (C=O) groups is 1. The van der Waals surface area contributed by atoms with Gasteiger partial charge in [0.05, 0.1) is 6.04 Å². The zero-order chi connectivity index (χ0) is 16.1. The maximum Gasteiger partial charge on any atom is 0.315 e. The molecule has 120 valence electrons. The Labute approximate surface area is 145 Å². The van der Waals surface area contributed by atoms with E-state index < -0.39 is 0 Å². The fourth-order valence-electron chi connectivity index (χ4n) is 2.57. The number of thioether (sulfide) groups is 1. The predicted molar refractivity (Wildman–Crippen MR) is 94.0 cm³/mol. The van der Waals surface area contributed by atoms with Crippen LogP contribution in [0, 0.1) is 0 Å². The molecule has 0 radical (unpaired) electrons. The second-order valence-corrected chi connectivity index (χ2v) is 6.92. The Balaban J connectivity index is 1.54. The van der Waals surface area contributed by atoms with Crippen molar-refractivity contribution < 1.29 is 4.79 Å². The lowest BCUT2D eigenvalue weighted by atomic mass is 10.0. The van der Waals surface area contributed by atoms with Crippen LogP contribution < -0.4 is 10.6 Å². The second-order valence-electron chi connectivity index (χ2n) is 5.34. The number of rotatable bonds is 4. The Morgan fingerprint density at radius 2 is 2.26 bits per heavy atom. The van der Waals surface area contributed by atoms with Gasteiger partial charge < -0.3 is 10.6 Å². The summed E-state index contributed by atoms with van der Waals surface area (Å²) in [5.41, 5.74) is 2.08. The SMILES string of the molecule is O=C(NCCc1ccccn1)N[C@@H]1CCSc2ccc(Cl)cc21. The van der Waals surface area contributed by atoms with Crippen LogP contribution in [0.5, 0.6) is 0 Å². The monoisotopic (exact) mass is 347 g/mol. The van der Waals surface area contributed by atoms with Crippen molar-refractivity contribution in [2.75, 3.05) is 12.3 Å². The third kappa shape index (κ3) is 4.39. The van der Waals surface area contributed by atoms with E-state index in [0.29, 0.717) is 11.6 Å². The van der Waals surface area contributed by atoms with Crippen LogP contribution >= 0.6 is 23.4 Å². The highest BCUT2D eigenvalue weighted by Gasteiger charge is 2.22. The van der Waals surface area contributed by atoms with Crippen molar-refractivity contribution in [3.05, 3.63) is 58.9 Å². The molecule has 1 aromatic heterocycles. The molecule has 2 N–H and O–H groups in total. The Bertz CT molecular complexity index is 681. The van der Waals surface area contributed by atoms with E-state index in [0.717, 1.165) is 29.9 Å². The highest BCUT2D eigenvalue weighted by molar-refractivity contribution is 7.99. The number of hydrogen-bond donors (Lipinski definition) is 2. The van der Waals surface area contributed by atoms with Crippen molar-refractivity contribution >= 4 is 29.4 Å². The highest BCUT2D eigenvalue weighted by Crippen LogP contribution is 2.37. The summed E-state index contributed by atoms with van der Waals surface area (Å²) in [6.45, 7) is 0.562. The second kappa shape index (κ2) is 7.70. The number of benzene rings is 1. The summed E-state index contributed by atoms with van der Waals surface area (Å²) in [5.74, 6) is 0.994. The van der Waals surface area contributed by atoms with E-state index in [4.69, 9.17) is 11.6 Å². The van der Waals surface area contributed by atoms with Crippen molar-refractivity contribution in [2.45, 2.75) is 23.8 Å². The molecule has 0 bridgehead atoms. The third-order valence-corrected chi connectivity index (χ3v) is 5.07. The fourth-order valence-corrected chi connectivity index (χ4v) is 3.86. The fraction of sp³-hybridized carbons (Fsp3) is 0.294. The summed E-state index contributed by atoms with van der Waals surface area (Å²) in [6.07, 6.45) is 3.39. The number of carbonyl (C=O) groups excluding carboxylic acids is 1. The highest BCUT2D eigenvalue weighted by atomic mass is 35.5. The van der Waals surface area contributed by atoms with E-state index in [-0.39, 0.29) is 12.1 Å². The van der Waals surface area contributed by atoms with Crippen molar-refractivity contribution in [3.63, 3.8) is 0 Å². The van der Waals surface area contributed by atoms with Gasteiger partial charge in [0.25, 0.3) is 0 Å². The van der Waals surface area contributed by atoms with Crippen LogP contribution in [-0.2, 0) is 6.42 Å². The smallest absolute Gasteiger partial charge is 0.315 e. The molecule has 0 saturated carbocycles.